The number of hydrogen-bond acceptors (Lipinski definition) is 5. The molecule has 4 aromatic rings. The predicted molar refractivity (Wildman–Crippen MR) is 144 cm³/mol. The molecular weight excluding hydrogens is 533 g/mol. The van der Waals surface area contributed by atoms with Crippen LogP contribution in [0.1, 0.15) is 34.6 Å². The van der Waals surface area contributed by atoms with E-state index in [1.165, 1.54) is 6.07 Å². The molecule has 8 nitrogen and oxygen atoms in total. The first-order valence-corrected chi connectivity index (χ1v) is 12.9. The molecule has 2 aromatic carbocycles. The molecule has 4 rings (SSSR count). The van der Waals surface area contributed by atoms with E-state index < -0.39 is 35.4 Å². The normalized spacial score (nSPS) is 11.5. The van der Waals surface area contributed by atoms with Gasteiger partial charge in [0.2, 0.25) is 5.91 Å². The van der Waals surface area contributed by atoms with Crippen molar-refractivity contribution in [1.82, 2.24) is 14.0 Å². The zero-order valence-corrected chi connectivity index (χ0v) is 22.2. The summed E-state index contributed by atoms with van der Waals surface area (Å²) in [6, 6.07) is 12.2. The molecule has 0 aliphatic heterocycles. The third-order valence-electron chi connectivity index (χ3n) is 6.25. The summed E-state index contributed by atoms with van der Waals surface area (Å²) < 4.78 is 41.3. The van der Waals surface area contributed by atoms with Crippen molar-refractivity contribution in [3.8, 4) is 5.69 Å². The van der Waals surface area contributed by atoms with Gasteiger partial charge in [-0.3, -0.25) is 19.0 Å². The van der Waals surface area contributed by atoms with Gasteiger partial charge in [-0.05, 0) is 56.7 Å². The minimum Gasteiger partial charge on any atom is -0.338 e. The fraction of sp³-hybridized carbons (Fsp3) is 0.259. The van der Waals surface area contributed by atoms with Crippen molar-refractivity contribution in [1.29, 1.82) is 0 Å². The Kier molecular flexibility index (Phi) is 7.77. The number of carbonyl (C=O) groups excluding carboxylic acids is 2. The summed E-state index contributed by atoms with van der Waals surface area (Å²) in [5, 5.41) is 2.51. The molecule has 39 heavy (non-hydrogen) atoms. The Morgan fingerprint density at radius 3 is 2.28 bits per heavy atom. The Morgan fingerprint density at radius 2 is 1.67 bits per heavy atom. The lowest BCUT2D eigenvalue weighted by Gasteiger charge is -2.17. The summed E-state index contributed by atoms with van der Waals surface area (Å²) in [4.78, 5) is 55.4. The van der Waals surface area contributed by atoms with E-state index in [-0.39, 0.29) is 32.4 Å². The molecule has 2 heterocycles. The minimum absolute atomic E-state index is 0.102. The average Bonchev–Trinajstić information content (AvgIpc) is 3.24. The van der Waals surface area contributed by atoms with Crippen LogP contribution in [0.15, 0.2) is 64.2 Å². The molecule has 0 fully saturated rings. The summed E-state index contributed by atoms with van der Waals surface area (Å²) in [5.41, 5.74) is -1.84. The molecule has 0 radical (unpaired) electrons. The Balaban J connectivity index is 1.87. The van der Waals surface area contributed by atoms with Gasteiger partial charge < -0.3 is 10.2 Å². The first-order chi connectivity index (χ1) is 18.5. The lowest BCUT2D eigenvalue weighted by molar-refractivity contribution is -0.137. The highest BCUT2D eigenvalue weighted by atomic mass is 32.1. The van der Waals surface area contributed by atoms with Crippen molar-refractivity contribution in [3.63, 3.8) is 0 Å². The molecule has 12 heteroatoms. The van der Waals surface area contributed by atoms with Gasteiger partial charge in [0.1, 0.15) is 11.4 Å². The first-order valence-electron chi connectivity index (χ1n) is 12.1. The monoisotopic (exact) mass is 558 g/mol. The second-order valence-electron chi connectivity index (χ2n) is 8.69. The maximum atomic E-state index is 13.6. The molecule has 0 saturated heterocycles. The summed E-state index contributed by atoms with van der Waals surface area (Å²) in [5.74, 6) is -1.09. The SMILES string of the molecule is CCN(CC)C(=O)c1sc2c(c1C)c(=O)n(-c1ccccc1)c(=O)n2CC(=O)Nc1cccc(C(F)(F)F)c1. The van der Waals surface area contributed by atoms with Gasteiger partial charge in [-0.2, -0.15) is 13.2 Å². The largest absolute Gasteiger partial charge is 0.416 e. The van der Waals surface area contributed by atoms with Gasteiger partial charge in [-0.15, -0.1) is 11.3 Å². The smallest absolute Gasteiger partial charge is 0.338 e. The number of nitrogens with one attached hydrogen (secondary N) is 1. The molecule has 1 N–H and O–H groups in total. The summed E-state index contributed by atoms with van der Waals surface area (Å²) in [6.45, 7) is 5.52. The van der Waals surface area contributed by atoms with Crippen LogP contribution < -0.4 is 16.6 Å². The lowest BCUT2D eigenvalue weighted by atomic mass is 10.2. The number of nitrogens with zero attached hydrogens (tertiary/aromatic N) is 3. The summed E-state index contributed by atoms with van der Waals surface area (Å²) in [7, 11) is 0. The van der Waals surface area contributed by atoms with Gasteiger partial charge in [0.05, 0.1) is 21.5 Å². The lowest BCUT2D eigenvalue weighted by Crippen LogP contribution is -2.40. The highest BCUT2D eigenvalue weighted by Gasteiger charge is 2.31. The number of benzene rings is 2. The predicted octanol–water partition coefficient (Wildman–Crippen LogP) is 4.66. The highest BCUT2D eigenvalue weighted by molar-refractivity contribution is 7.20. The van der Waals surface area contributed by atoms with E-state index in [1.807, 2.05) is 13.8 Å². The second kappa shape index (κ2) is 10.9. The number of alkyl halides is 3. The number of rotatable bonds is 7. The number of thiophene rings is 1. The minimum atomic E-state index is -4.60. The number of para-hydroxylation sites is 1. The zero-order valence-electron chi connectivity index (χ0n) is 21.3. The van der Waals surface area contributed by atoms with E-state index in [2.05, 4.69) is 5.32 Å². The second-order valence-corrected chi connectivity index (χ2v) is 9.68. The van der Waals surface area contributed by atoms with Gasteiger partial charge in [-0.25, -0.2) is 9.36 Å². The third kappa shape index (κ3) is 5.37. The number of anilines is 1. The molecule has 0 spiro atoms. The van der Waals surface area contributed by atoms with Crippen molar-refractivity contribution in [2.24, 2.45) is 0 Å². The molecule has 0 aliphatic carbocycles. The topological polar surface area (TPSA) is 93.4 Å². The van der Waals surface area contributed by atoms with Crippen molar-refractivity contribution >= 4 is 39.1 Å². The van der Waals surface area contributed by atoms with Crippen molar-refractivity contribution in [2.75, 3.05) is 18.4 Å². The molecule has 0 aliphatic rings. The van der Waals surface area contributed by atoms with E-state index in [9.17, 15) is 32.3 Å². The van der Waals surface area contributed by atoms with Crippen molar-refractivity contribution < 1.29 is 22.8 Å². The molecule has 0 unspecified atom stereocenters. The molecule has 0 atom stereocenters. The Morgan fingerprint density at radius 1 is 1.00 bits per heavy atom. The van der Waals surface area contributed by atoms with Gasteiger partial charge in [0.25, 0.3) is 11.5 Å². The van der Waals surface area contributed by atoms with Crippen LogP contribution in [-0.2, 0) is 17.5 Å². The van der Waals surface area contributed by atoms with E-state index in [1.54, 1.807) is 42.2 Å². The van der Waals surface area contributed by atoms with Crippen LogP contribution in [-0.4, -0.2) is 38.9 Å². The molecule has 0 saturated carbocycles. The highest BCUT2D eigenvalue weighted by Crippen LogP contribution is 2.31. The maximum absolute atomic E-state index is 13.6. The zero-order chi connectivity index (χ0) is 28.5. The van der Waals surface area contributed by atoms with Crippen molar-refractivity contribution in [3.05, 3.63) is 91.4 Å². The van der Waals surface area contributed by atoms with Crippen molar-refractivity contribution in [2.45, 2.75) is 33.5 Å². The fourth-order valence-electron chi connectivity index (χ4n) is 4.27. The van der Waals surface area contributed by atoms with E-state index >= 15 is 0 Å². The molecule has 2 amide bonds. The molecule has 204 valence electrons. The molecule has 0 bridgehead atoms. The van der Waals surface area contributed by atoms with E-state index in [0.717, 1.165) is 38.7 Å². The number of fused-ring (bicyclic) bond motifs is 1. The van der Waals surface area contributed by atoms with Gasteiger partial charge in [0, 0.05) is 18.8 Å². The van der Waals surface area contributed by atoms with Crippen LogP contribution in [0, 0.1) is 6.92 Å². The molecular formula is C27H25F3N4O4S. The summed E-state index contributed by atoms with van der Waals surface area (Å²) >= 11 is 0.934. The Hall–Kier alpha value is -4.19. The van der Waals surface area contributed by atoms with Crippen LogP contribution in [0.4, 0.5) is 18.9 Å². The number of halogens is 3. The van der Waals surface area contributed by atoms with E-state index in [0.29, 0.717) is 18.7 Å². The number of hydrogen-bond donors (Lipinski definition) is 1. The van der Waals surface area contributed by atoms with E-state index in [4.69, 9.17) is 0 Å². The number of carbonyl (C=O) groups is 2. The maximum Gasteiger partial charge on any atom is 0.416 e. The fourth-order valence-corrected chi connectivity index (χ4v) is 5.53. The number of aryl methyl sites for hydroxylation is 1. The number of aromatic nitrogens is 2. The Bertz CT molecular complexity index is 1670. The Labute approximate surface area is 224 Å². The van der Waals surface area contributed by atoms with Gasteiger partial charge >= 0.3 is 11.9 Å². The first kappa shape index (κ1) is 27.8. The number of amides is 2. The van der Waals surface area contributed by atoms with Crippen LogP contribution in [0.25, 0.3) is 15.9 Å². The van der Waals surface area contributed by atoms with Crippen LogP contribution in [0.3, 0.4) is 0 Å². The summed E-state index contributed by atoms with van der Waals surface area (Å²) in [6.07, 6.45) is -4.60. The quantitative estimate of drug-likeness (QED) is 0.357. The van der Waals surface area contributed by atoms with Crippen LogP contribution in [0.2, 0.25) is 0 Å². The standard InChI is InChI=1S/C27H25F3N4O4S/c1-4-32(5-2)24(37)22-16(3)21-23(36)34(19-12-7-6-8-13-19)26(38)33(25(21)39-22)15-20(35)31-18-11-9-10-17(14-18)27(28,29)30/h6-14H,4-5,15H2,1-3H3,(H,31,35). The average molecular weight is 559 g/mol. The van der Waals surface area contributed by atoms with Gasteiger partial charge in [0.15, 0.2) is 0 Å². The third-order valence-corrected chi connectivity index (χ3v) is 7.55. The van der Waals surface area contributed by atoms with Crippen LogP contribution >= 0.6 is 11.3 Å². The van der Waals surface area contributed by atoms with Crippen LogP contribution in [0.5, 0.6) is 0 Å². The van der Waals surface area contributed by atoms with Gasteiger partial charge in [-0.1, -0.05) is 24.3 Å². The molecule has 2 aromatic heterocycles.